The summed E-state index contributed by atoms with van der Waals surface area (Å²) in [5.41, 5.74) is 0. The van der Waals surface area contributed by atoms with E-state index in [4.69, 9.17) is 23.2 Å². The Hall–Kier alpha value is -1.17. The van der Waals surface area contributed by atoms with Crippen molar-refractivity contribution in [3.8, 4) is 0 Å². The lowest BCUT2D eigenvalue weighted by Gasteiger charge is -2.17. The fraction of sp³-hybridized carbons (Fsp3) is 0.286. The van der Waals surface area contributed by atoms with Crippen LogP contribution in [0.25, 0.3) is 0 Å². The van der Waals surface area contributed by atoms with Crippen molar-refractivity contribution in [1.29, 1.82) is 0 Å². The minimum absolute atomic E-state index is 0.131. The van der Waals surface area contributed by atoms with Crippen LogP contribution in [0, 0.1) is 0 Å². The summed E-state index contributed by atoms with van der Waals surface area (Å²) < 4.78 is 1.35. The largest absolute Gasteiger partial charge is 0.344 e. The normalized spacial score (nSPS) is 10.7. The summed E-state index contributed by atoms with van der Waals surface area (Å²) >= 11 is 13.4. The van der Waals surface area contributed by atoms with Crippen molar-refractivity contribution in [3.05, 3.63) is 40.5 Å². The molecule has 0 saturated heterocycles. The van der Waals surface area contributed by atoms with Gasteiger partial charge in [-0.1, -0.05) is 35.0 Å². The zero-order chi connectivity index (χ0) is 15.4. The third-order valence-electron chi connectivity index (χ3n) is 2.90. The number of hydrogen-bond acceptors (Lipinski definition) is 3. The van der Waals surface area contributed by atoms with Gasteiger partial charge >= 0.3 is 6.03 Å². The van der Waals surface area contributed by atoms with Gasteiger partial charge in [0.15, 0.2) is 0 Å². The van der Waals surface area contributed by atoms with Crippen molar-refractivity contribution < 1.29 is 4.79 Å². The molecular formula is C14H15Cl2N3OS. The summed E-state index contributed by atoms with van der Waals surface area (Å²) in [6.45, 7) is 5.18. The summed E-state index contributed by atoms with van der Waals surface area (Å²) in [7, 11) is 0. The summed E-state index contributed by atoms with van der Waals surface area (Å²) in [6, 6.07) is 6.95. The van der Waals surface area contributed by atoms with E-state index >= 15 is 0 Å². The van der Waals surface area contributed by atoms with E-state index in [9.17, 15) is 4.79 Å². The molecular weight excluding hydrogens is 329 g/mol. The molecule has 0 unspecified atom stereocenters. The third-order valence-corrected chi connectivity index (χ3v) is 4.57. The minimum atomic E-state index is -0.131. The SMILES string of the molecule is CCN(CC)C(=O)n1ccc(Sc2ccc(Cl)cc2Cl)n1. The molecule has 21 heavy (non-hydrogen) atoms. The summed E-state index contributed by atoms with van der Waals surface area (Å²) in [6.07, 6.45) is 1.66. The van der Waals surface area contributed by atoms with Crippen molar-refractivity contribution in [1.82, 2.24) is 14.7 Å². The monoisotopic (exact) mass is 343 g/mol. The molecule has 1 aromatic carbocycles. The van der Waals surface area contributed by atoms with Gasteiger partial charge in [0.25, 0.3) is 0 Å². The molecule has 0 N–H and O–H groups in total. The number of halogens is 2. The van der Waals surface area contributed by atoms with E-state index in [1.807, 2.05) is 19.9 Å². The van der Waals surface area contributed by atoms with Crippen LogP contribution in [0.4, 0.5) is 4.79 Å². The molecule has 0 atom stereocenters. The fourth-order valence-corrected chi connectivity index (χ4v) is 3.08. The lowest BCUT2D eigenvalue weighted by molar-refractivity contribution is 0.201. The first-order valence-corrected chi connectivity index (χ1v) is 8.10. The van der Waals surface area contributed by atoms with E-state index in [2.05, 4.69) is 5.10 Å². The Morgan fingerprint density at radius 1 is 1.29 bits per heavy atom. The van der Waals surface area contributed by atoms with Crippen LogP contribution in [0.5, 0.6) is 0 Å². The van der Waals surface area contributed by atoms with Crippen LogP contribution in [-0.4, -0.2) is 33.8 Å². The lowest BCUT2D eigenvalue weighted by atomic mass is 10.4. The topological polar surface area (TPSA) is 38.1 Å². The zero-order valence-electron chi connectivity index (χ0n) is 11.7. The predicted molar refractivity (Wildman–Crippen MR) is 86.5 cm³/mol. The van der Waals surface area contributed by atoms with Gasteiger partial charge in [-0.2, -0.15) is 9.78 Å². The summed E-state index contributed by atoms with van der Waals surface area (Å²) in [4.78, 5) is 14.7. The van der Waals surface area contributed by atoms with Crippen molar-refractivity contribution in [2.75, 3.05) is 13.1 Å². The first-order chi connectivity index (χ1) is 10.0. The van der Waals surface area contributed by atoms with Gasteiger partial charge in [0.2, 0.25) is 0 Å². The van der Waals surface area contributed by atoms with E-state index in [-0.39, 0.29) is 6.03 Å². The molecule has 0 aliphatic rings. The van der Waals surface area contributed by atoms with Gasteiger partial charge in [-0.05, 0) is 38.1 Å². The number of rotatable bonds is 4. The van der Waals surface area contributed by atoms with Crippen LogP contribution in [0.2, 0.25) is 10.0 Å². The van der Waals surface area contributed by atoms with E-state index < -0.39 is 0 Å². The first kappa shape index (κ1) is 16.2. The standard InChI is InChI=1S/C14H15Cl2N3OS/c1-3-18(4-2)14(20)19-8-7-13(17-19)21-12-6-5-10(15)9-11(12)16/h5-9H,3-4H2,1-2H3. The molecule has 4 nitrogen and oxygen atoms in total. The molecule has 0 spiro atoms. The Balaban J connectivity index is 2.15. The summed E-state index contributed by atoms with van der Waals surface area (Å²) in [5, 5.41) is 6.15. The van der Waals surface area contributed by atoms with Crippen molar-refractivity contribution >= 4 is 41.0 Å². The van der Waals surface area contributed by atoms with Crippen LogP contribution < -0.4 is 0 Å². The molecule has 0 aliphatic heterocycles. The number of hydrogen-bond donors (Lipinski definition) is 0. The van der Waals surface area contributed by atoms with Gasteiger partial charge in [0.05, 0.1) is 5.02 Å². The van der Waals surface area contributed by atoms with Gasteiger partial charge in [-0.3, -0.25) is 0 Å². The molecule has 112 valence electrons. The highest BCUT2D eigenvalue weighted by molar-refractivity contribution is 7.99. The number of carbonyl (C=O) groups excluding carboxylic acids is 1. The van der Waals surface area contributed by atoms with Crippen molar-refractivity contribution in [2.24, 2.45) is 0 Å². The zero-order valence-corrected chi connectivity index (χ0v) is 14.0. The molecule has 0 radical (unpaired) electrons. The van der Waals surface area contributed by atoms with Gasteiger partial charge in [0, 0.05) is 29.2 Å². The Morgan fingerprint density at radius 2 is 2.00 bits per heavy atom. The lowest BCUT2D eigenvalue weighted by Crippen LogP contribution is -2.34. The maximum absolute atomic E-state index is 12.2. The number of benzene rings is 1. The van der Waals surface area contributed by atoms with Crippen LogP contribution in [0.3, 0.4) is 0 Å². The number of aromatic nitrogens is 2. The van der Waals surface area contributed by atoms with Gasteiger partial charge in [-0.25, -0.2) is 4.79 Å². The smallest absolute Gasteiger partial charge is 0.323 e. The Morgan fingerprint density at radius 3 is 2.62 bits per heavy atom. The van der Waals surface area contributed by atoms with Crippen LogP contribution >= 0.6 is 35.0 Å². The quantitative estimate of drug-likeness (QED) is 0.810. The van der Waals surface area contributed by atoms with Crippen molar-refractivity contribution in [2.45, 2.75) is 23.8 Å². The van der Waals surface area contributed by atoms with Crippen molar-refractivity contribution in [3.63, 3.8) is 0 Å². The predicted octanol–water partition coefficient (Wildman–Crippen LogP) is 4.65. The molecule has 1 amide bonds. The second kappa shape index (κ2) is 7.20. The average Bonchev–Trinajstić information content (AvgIpc) is 2.92. The van der Waals surface area contributed by atoms with Gasteiger partial charge in [-0.15, -0.1) is 0 Å². The molecule has 0 aliphatic carbocycles. The molecule has 0 bridgehead atoms. The minimum Gasteiger partial charge on any atom is -0.323 e. The fourth-order valence-electron chi connectivity index (χ4n) is 1.78. The molecule has 7 heteroatoms. The number of amides is 1. The van der Waals surface area contributed by atoms with Gasteiger partial charge < -0.3 is 4.90 Å². The summed E-state index contributed by atoms with van der Waals surface area (Å²) in [5.74, 6) is 0. The Labute approximate surface area is 138 Å². The molecule has 2 rings (SSSR count). The maximum atomic E-state index is 12.2. The second-order valence-corrected chi connectivity index (χ2v) is 6.14. The average molecular weight is 344 g/mol. The van der Waals surface area contributed by atoms with E-state index in [1.54, 1.807) is 29.3 Å². The Kier molecular flexibility index (Phi) is 5.56. The highest BCUT2D eigenvalue weighted by atomic mass is 35.5. The Bertz CT molecular complexity index is 641. The molecule has 2 aromatic rings. The first-order valence-electron chi connectivity index (χ1n) is 6.53. The molecule has 1 aromatic heterocycles. The third kappa shape index (κ3) is 3.93. The van der Waals surface area contributed by atoms with E-state index in [0.29, 0.717) is 28.2 Å². The molecule has 1 heterocycles. The van der Waals surface area contributed by atoms with E-state index in [0.717, 1.165) is 4.90 Å². The van der Waals surface area contributed by atoms with Crippen LogP contribution in [0.15, 0.2) is 40.4 Å². The number of carbonyl (C=O) groups is 1. The second-order valence-electron chi connectivity index (χ2n) is 4.23. The van der Waals surface area contributed by atoms with Crippen LogP contribution in [0.1, 0.15) is 13.8 Å². The number of nitrogens with zero attached hydrogens (tertiary/aromatic N) is 3. The van der Waals surface area contributed by atoms with E-state index in [1.165, 1.54) is 16.4 Å². The highest BCUT2D eigenvalue weighted by Crippen LogP contribution is 2.33. The molecule has 0 fully saturated rings. The van der Waals surface area contributed by atoms with Gasteiger partial charge in [0.1, 0.15) is 5.03 Å². The maximum Gasteiger partial charge on any atom is 0.344 e. The molecule has 0 saturated carbocycles. The van der Waals surface area contributed by atoms with Crippen LogP contribution in [-0.2, 0) is 0 Å². The highest BCUT2D eigenvalue weighted by Gasteiger charge is 2.14.